The maximum atomic E-state index is 11.4. The van der Waals surface area contributed by atoms with Gasteiger partial charge < -0.3 is 5.11 Å². The van der Waals surface area contributed by atoms with Crippen molar-refractivity contribution in [3.8, 4) is 0 Å². The van der Waals surface area contributed by atoms with Gasteiger partial charge in [0.25, 0.3) is 0 Å². The molecule has 19 heavy (non-hydrogen) atoms. The van der Waals surface area contributed by atoms with E-state index in [9.17, 15) is 9.90 Å². The molecule has 2 nitrogen and oxygen atoms in total. The minimum Gasteiger partial charge on any atom is -0.478 e. The highest BCUT2D eigenvalue weighted by Gasteiger charge is 2.11. The third kappa shape index (κ3) is 3.37. The molecule has 0 aliphatic carbocycles. The average molecular weight is 293 g/mol. The standard InChI is InChI=1S/C15H10Cl2O2/c16-12-7-5-10(6-8-12)13(15(18)19)9-11-3-1-2-4-14(11)17/h1-9H,(H,18,19)/b13-9-. The molecule has 96 valence electrons. The van der Waals surface area contributed by atoms with E-state index in [1.807, 2.05) is 0 Å². The van der Waals surface area contributed by atoms with Crippen LogP contribution in [0.5, 0.6) is 0 Å². The molecule has 0 fully saturated rings. The van der Waals surface area contributed by atoms with Gasteiger partial charge in [-0.2, -0.15) is 0 Å². The number of halogens is 2. The lowest BCUT2D eigenvalue weighted by Crippen LogP contribution is -1.99. The maximum Gasteiger partial charge on any atom is 0.336 e. The predicted molar refractivity (Wildman–Crippen MR) is 78.4 cm³/mol. The van der Waals surface area contributed by atoms with Gasteiger partial charge in [0.1, 0.15) is 0 Å². The first-order chi connectivity index (χ1) is 9.08. The van der Waals surface area contributed by atoms with Crippen LogP contribution in [0.4, 0.5) is 0 Å². The van der Waals surface area contributed by atoms with Crippen LogP contribution in [-0.4, -0.2) is 11.1 Å². The molecule has 1 N–H and O–H groups in total. The zero-order chi connectivity index (χ0) is 13.8. The summed E-state index contributed by atoms with van der Waals surface area (Å²) in [5.74, 6) is -1.01. The molecule has 0 radical (unpaired) electrons. The fourth-order valence-corrected chi connectivity index (χ4v) is 1.96. The van der Waals surface area contributed by atoms with Crippen LogP contribution in [0.2, 0.25) is 10.0 Å². The second-order valence-corrected chi connectivity index (χ2v) is 4.74. The van der Waals surface area contributed by atoms with Crippen LogP contribution in [0.25, 0.3) is 11.6 Å². The lowest BCUT2D eigenvalue weighted by molar-refractivity contribution is -0.130. The van der Waals surface area contributed by atoms with E-state index in [4.69, 9.17) is 23.2 Å². The van der Waals surface area contributed by atoms with E-state index < -0.39 is 5.97 Å². The van der Waals surface area contributed by atoms with Crippen molar-refractivity contribution in [2.75, 3.05) is 0 Å². The third-order valence-corrected chi connectivity index (χ3v) is 3.19. The molecule has 0 spiro atoms. The van der Waals surface area contributed by atoms with E-state index in [1.165, 1.54) is 0 Å². The molecule has 0 aliphatic heterocycles. The summed E-state index contributed by atoms with van der Waals surface area (Å²) >= 11 is 11.8. The second kappa shape index (κ2) is 5.91. The Morgan fingerprint density at radius 3 is 2.21 bits per heavy atom. The van der Waals surface area contributed by atoms with Crippen molar-refractivity contribution >= 4 is 40.8 Å². The normalized spacial score (nSPS) is 11.4. The Morgan fingerprint density at radius 1 is 1.00 bits per heavy atom. The van der Waals surface area contributed by atoms with Gasteiger partial charge in [-0.25, -0.2) is 4.79 Å². The fraction of sp³-hybridized carbons (Fsp3) is 0. The van der Waals surface area contributed by atoms with Crippen LogP contribution in [0, 0.1) is 0 Å². The van der Waals surface area contributed by atoms with Gasteiger partial charge in [0.05, 0.1) is 5.57 Å². The molecule has 0 aromatic heterocycles. The molecule has 0 bridgehead atoms. The van der Waals surface area contributed by atoms with E-state index in [1.54, 1.807) is 54.6 Å². The summed E-state index contributed by atoms with van der Waals surface area (Å²) in [6.45, 7) is 0. The molecular weight excluding hydrogens is 283 g/mol. The molecule has 0 saturated carbocycles. The summed E-state index contributed by atoms with van der Waals surface area (Å²) in [5.41, 5.74) is 1.41. The van der Waals surface area contributed by atoms with E-state index in [0.717, 1.165) is 0 Å². The van der Waals surface area contributed by atoms with Gasteiger partial charge in [0.2, 0.25) is 0 Å². The monoisotopic (exact) mass is 292 g/mol. The zero-order valence-corrected chi connectivity index (χ0v) is 11.3. The average Bonchev–Trinajstić information content (AvgIpc) is 2.39. The topological polar surface area (TPSA) is 37.3 Å². The molecule has 2 aromatic rings. The van der Waals surface area contributed by atoms with Gasteiger partial charge in [0.15, 0.2) is 0 Å². The van der Waals surface area contributed by atoms with E-state index in [0.29, 0.717) is 21.2 Å². The van der Waals surface area contributed by atoms with Crippen LogP contribution in [0.3, 0.4) is 0 Å². The Hall–Kier alpha value is -1.77. The summed E-state index contributed by atoms with van der Waals surface area (Å²) in [4.78, 5) is 11.4. The van der Waals surface area contributed by atoms with Crippen molar-refractivity contribution in [3.05, 3.63) is 69.7 Å². The molecule has 0 heterocycles. The molecule has 0 atom stereocenters. The second-order valence-electron chi connectivity index (χ2n) is 3.89. The Kier molecular flexibility index (Phi) is 4.25. The molecule has 2 aromatic carbocycles. The summed E-state index contributed by atoms with van der Waals surface area (Å²) in [6.07, 6.45) is 1.55. The van der Waals surface area contributed by atoms with Crippen molar-refractivity contribution in [2.24, 2.45) is 0 Å². The number of rotatable bonds is 3. The van der Waals surface area contributed by atoms with Crippen molar-refractivity contribution in [1.29, 1.82) is 0 Å². The largest absolute Gasteiger partial charge is 0.478 e. The lowest BCUT2D eigenvalue weighted by Gasteiger charge is -2.04. The molecule has 4 heteroatoms. The number of hydrogen-bond donors (Lipinski definition) is 1. The summed E-state index contributed by atoms with van der Waals surface area (Å²) < 4.78 is 0. The van der Waals surface area contributed by atoms with E-state index in [2.05, 4.69) is 0 Å². The molecule has 0 saturated heterocycles. The highest BCUT2D eigenvalue weighted by atomic mass is 35.5. The zero-order valence-electron chi connectivity index (χ0n) is 9.81. The summed E-state index contributed by atoms with van der Waals surface area (Å²) in [6, 6.07) is 13.7. The van der Waals surface area contributed by atoms with Gasteiger partial charge in [-0.1, -0.05) is 53.5 Å². The Balaban J connectivity index is 2.50. The fourth-order valence-electron chi connectivity index (χ4n) is 1.65. The Morgan fingerprint density at radius 2 is 1.63 bits per heavy atom. The highest BCUT2D eigenvalue weighted by molar-refractivity contribution is 6.33. The molecular formula is C15H10Cl2O2. The first kappa shape index (κ1) is 13.7. The number of hydrogen-bond acceptors (Lipinski definition) is 1. The van der Waals surface area contributed by atoms with Crippen molar-refractivity contribution < 1.29 is 9.90 Å². The number of carboxylic acid groups (broad SMARTS) is 1. The summed E-state index contributed by atoms with van der Waals surface area (Å²) in [5, 5.41) is 10.4. The predicted octanol–water partition coefficient (Wildman–Crippen LogP) is 4.62. The number of carbonyl (C=O) groups is 1. The molecule has 0 amide bonds. The third-order valence-electron chi connectivity index (χ3n) is 2.59. The summed E-state index contributed by atoms with van der Waals surface area (Å²) in [7, 11) is 0. The van der Waals surface area contributed by atoms with Crippen molar-refractivity contribution in [3.63, 3.8) is 0 Å². The van der Waals surface area contributed by atoms with Crippen molar-refractivity contribution in [1.82, 2.24) is 0 Å². The first-order valence-corrected chi connectivity index (χ1v) is 6.29. The van der Waals surface area contributed by atoms with E-state index in [-0.39, 0.29) is 5.57 Å². The lowest BCUT2D eigenvalue weighted by atomic mass is 10.0. The first-order valence-electron chi connectivity index (χ1n) is 5.53. The van der Waals surface area contributed by atoms with Gasteiger partial charge in [0, 0.05) is 10.0 Å². The molecule has 0 aliphatic rings. The van der Waals surface area contributed by atoms with Crippen LogP contribution >= 0.6 is 23.2 Å². The number of aliphatic carboxylic acids is 1. The van der Waals surface area contributed by atoms with Gasteiger partial charge >= 0.3 is 5.97 Å². The van der Waals surface area contributed by atoms with Gasteiger partial charge in [-0.15, -0.1) is 0 Å². The number of carboxylic acids is 1. The van der Waals surface area contributed by atoms with Crippen LogP contribution < -0.4 is 0 Å². The molecule has 0 unspecified atom stereocenters. The Bertz CT molecular complexity index is 631. The Labute approximate surface area is 120 Å². The van der Waals surface area contributed by atoms with Crippen LogP contribution in [0.1, 0.15) is 11.1 Å². The van der Waals surface area contributed by atoms with Crippen LogP contribution in [-0.2, 0) is 4.79 Å². The highest BCUT2D eigenvalue weighted by Crippen LogP contribution is 2.24. The molecule has 2 rings (SSSR count). The van der Waals surface area contributed by atoms with Gasteiger partial charge in [-0.3, -0.25) is 0 Å². The smallest absolute Gasteiger partial charge is 0.336 e. The van der Waals surface area contributed by atoms with Crippen molar-refractivity contribution in [2.45, 2.75) is 0 Å². The quantitative estimate of drug-likeness (QED) is 0.662. The minimum absolute atomic E-state index is 0.171. The van der Waals surface area contributed by atoms with Crippen LogP contribution in [0.15, 0.2) is 48.5 Å². The number of benzene rings is 2. The maximum absolute atomic E-state index is 11.4. The SMILES string of the molecule is O=C(O)/C(=C\c1ccccc1Cl)c1ccc(Cl)cc1. The van der Waals surface area contributed by atoms with Gasteiger partial charge in [-0.05, 0) is 35.4 Å². The van der Waals surface area contributed by atoms with E-state index >= 15 is 0 Å². The minimum atomic E-state index is -1.01.